The molecule has 0 radical (unpaired) electrons. The lowest BCUT2D eigenvalue weighted by atomic mass is 10.3. The van der Waals surface area contributed by atoms with Crippen LogP contribution in [0.4, 0.5) is 0 Å². The van der Waals surface area contributed by atoms with Crippen molar-refractivity contribution in [3.63, 3.8) is 0 Å². The van der Waals surface area contributed by atoms with Gasteiger partial charge in [0.2, 0.25) is 0 Å². The summed E-state index contributed by atoms with van der Waals surface area (Å²) in [7, 11) is 0. The summed E-state index contributed by atoms with van der Waals surface area (Å²) >= 11 is 0. The van der Waals surface area contributed by atoms with Crippen molar-refractivity contribution in [1.82, 2.24) is 0 Å². The van der Waals surface area contributed by atoms with Gasteiger partial charge >= 0.3 is 5.97 Å². The van der Waals surface area contributed by atoms with E-state index in [1.807, 2.05) is 6.92 Å². The van der Waals surface area contributed by atoms with Gasteiger partial charge in [-0.05, 0) is 20.3 Å². The molecule has 0 aromatic carbocycles. The Morgan fingerprint density at radius 3 is 2.62 bits per heavy atom. The largest absolute Gasteiger partial charge is 0.501 e. The maximum absolute atomic E-state index is 11.2. The number of ether oxygens (including phenoxy) is 2. The van der Waals surface area contributed by atoms with E-state index in [1.54, 1.807) is 6.92 Å². The molecule has 76 valence electrons. The smallest absolute Gasteiger partial charge is 0.336 e. The van der Waals surface area contributed by atoms with E-state index in [0.717, 1.165) is 12.8 Å². The first kappa shape index (κ1) is 12.0. The average Bonchev–Trinajstić information content (AvgIpc) is 2.14. The molecule has 0 aromatic rings. The van der Waals surface area contributed by atoms with Gasteiger partial charge < -0.3 is 9.47 Å². The standard InChI is InChI=1S/C10H18O3/c1-4-6-7-13-10(11)9(3)8-12-5-2/h8H,4-7H2,1-3H3. The van der Waals surface area contributed by atoms with Crippen LogP contribution in [0.1, 0.15) is 33.6 Å². The molecule has 3 heteroatoms. The van der Waals surface area contributed by atoms with Crippen molar-refractivity contribution in [2.75, 3.05) is 13.2 Å². The van der Waals surface area contributed by atoms with Crippen molar-refractivity contribution in [1.29, 1.82) is 0 Å². The summed E-state index contributed by atoms with van der Waals surface area (Å²) in [4.78, 5) is 11.2. The summed E-state index contributed by atoms with van der Waals surface area (Å²) in [6, 6.07) is 0. The molecule has 0 aliphatic heterocycles. The van der Waals surface area contributed by atoms with Crippen LogP contribution in [-0.2, 0) is 14.3 Å². The Morgan fingerprint density at radius 1 is 1.38 bits per heavy atom. The third kappa shape index (κ3) is 6.20. The number of esters is 1. The molecular weight excluding hydrogens is 168 g/mol. The number of carbonyl (C=O) groups excluding carboxylic acids is 1. The highest BCUT2D eigenvalue weighted by Crippen LogP contribution is 1.98. The van der Waals surface area contributed by atoms with Crippen LogP contribution in [0.15, 0.2) is 11.8 Å². The molecule has 0 amide bonds. The molecular formula is C10H18O3. The third-order valence-electron chi connectivity index (χ3n) is 1.48. The fourth-order valence-electron chi connectivity index (χ4n) is 0.679. The highest BCUT2D eigenvalue weighted by molar-refractivity contribution is 5.87. The summed E-state index contributed by atoms with van der Waals surface area (Å²) in [5, 5.41) is 0. The number of hydrogen-bond donors (Lipinski definition) is 0. The summed E-state index contributed by atoms with van der Waals surface area (Å²) < 4.78 is 9.91. The van der Waals surface area contributed by atoms with Gasteiger partial charge in [0.15, 0.2) is 0 Å². The predicted octanol–water partition coefficient (Wildman–Crippen LogP) is 2.27. The third-order valence-corrected chi connectivity index (χ3v) is 1.48. The molecule has 0 atom stereocenters. The summed E-state index contributed by atoms with van der Waals surface area (Å²) in [5.74, 6) is -0.290. The Balaban J connectivity index is 3.69. The monoisotopic (exact) mass is 186 g/mol. The van der Waals surface area contributed by atoms with Gasteiger partial charge in [0.25, 0.3) is 0 Å². The van der Waals surface area contributed by atoms with Crippen LogP contribution in [0.5, 0.6) is 0 Å². The van der Waals surface area contributed by atoms with Crippen molar-refractivity contribution >= 4 is 5.97 Å². The lowest BCUT2D eigenvalue weighted by Gasteiger charge is -2.03. The topological polar surface area (TPSA) is 35.5 Å². The summed E-state index contributed by atoms with van der Waals surface area (Å²) in [6.07, 6.45) is 3.38. The lowest BCUT2D eigenvalue weighted by Crippen LogP contribution is -2.07. The molecule has 3 nitrogen and oxygen atoms in total. The molecule has 0 aliphatic carbocycles. The van der Waals surface area contributed by atoms with Crippen molar-refractivity contribution in [3.05, 3.63) is 11.8 Å². The normalized spacial score (nSPS) is 11.2. The molecule has 0 N–H and O–H groups in total. The van der Waals surface area contributed by atoms with Crippen LogP contribution >= 0.6 is 0 Å². The highest BCUT2D eigenvalue weighted by Gasteiger charge is 2.04. The molecule has 0 rings (SSSR count). The Bertz CT molecular complexity index is 173. The van der Waals surface area contributed by atoms with Crippen molar-refractivity contribution < 1.29 is 14.3 Å². The van der Waals surface area contributed by atoms with Gasteiger partial charge in [-0.3, -0.25) is 0 Å². The van der Waals surface area contributed by atoms with E-state index in [0.29, 0.717) is 18.8 Å². The first-order valence-electron chi connectivity index (χ1n) is 4.67. The van der Waals surface area contributed by atoms with Crippen LogP contribution in [0, 0.1) is 0 Å². The minimum atomic E-state index is -0.290. The van der Waals surface area contributed by atoms with E-state index in [4.69, 9.17) is 9.47 Å². The fourth-order valence-corrected chi connectivity index (χ4v) is 0.679. The van der Waals surface area contributed by atoms with E-state index in [-0.39, 0.29) is 5.97 Å². The van der Waals surface area contributed by atoms with Crippen molar-refractivity contribution in [2.45, 2.75) is 33.6 Å². The average molecular weight is 186 g/mol. The van der Waals surface area contributed by atoms with E-state index in [1.165, 1.54) is 6.26 Å². The molecule has 0 saturated carbocycles. The molecule has 0 aromatic heterocycles. The van der Waals surface area contributed by atoms with Crippen LogP contribution < -0.4 is 0 Å². The predicted molar refractivity (Wildman–Crippen MR) is 51.3 cm³/mol. The molecule has 0 aliphatic rings. The molecule has 13 heavy (non-hydrogen) atoms. The Hall–Kier alpha value is -0.990. The zero-order chi connectivity index (χ0) is 10.1. The molecule has 0 saturated heterocycles. The Morgan fingerprint density at radius 2 is 2.08 bits per heavy atom. The number of carbonyl (C=O) groups is 1. The van der Waals surface area contributed by atoms with Crippen LogP contribution in [-0.4, -0.2) is 19.2 Å². The Labute approximate surface area is 79.7 Å². The van der Waals surface area contributed by atoms with Crippen LogP contribution in [0.25, 0.3) is 0 Å². The summed E-state index contributed by atoms with van der Waals surface area (Å²) in [5.41, 5.74) is 0.512. The zero-order valence-electron chi connectivity index (χ0n) is 8.63. The lowest BCUT2D eigenvalue weighted by molar-refractivity contribution is -0.139. The van der Waals surface area contributed by atoms with E-state index in [2.05, 4.69) is 6.92 Å². The van der Waals surface area contributed by atoms with Gasteiger partial charge in [-0.15, -0.1) is 0 Å². The first-order chi connectivity index (χ1) is 6.22. The maximum atomic E-state index is 11.2. The SMILES string of the molecule is CCCCOC(=O)C(C)=COCC. The van der Waals surface area contributed by atoms with Crippen molar-refractivity contribution in [3.8, 4) is 0 Å². The highest BCUT2D eigenvalue weighted by atomic mass is 16.5. The summed E-state index contributed by atoms with van der Waals surface area (Å²) in [6.45, 7) is 6.67. The molecule has 0 fully saturated rings. The van der Waals surface area contributed by atoms with Crippen molar-refractivity contribution in [2.24, 2.45) is 0 Å². The van der Waals surface area contributed by atoms with Gasteiger partial charge in [-0.1, -0.05) is 13.3 Å². The second-order valence-corrected chi connectivity index (χ2v) is 2.75. The molecule has 0 spiro atoms. The Kier molecular flexibility index (Phi) is 7.07. The van der Waals surface area contributed by atoms with Gasteiger partial charge in [0.1, 0.15) is 0 Å². The maximum Gasteiger partial charge on any atom is 0.336 e. The van der Waals surface area contributed by atoms with Crippen LogP contribution in [0.3, 0.4) is 0 Å². The molecule has 0 bridgehead atoms. The van der Waals surface area contributed by atoms with Gasteiger partial charge in [-0.25, -0.2) is 4.79 Å². The number of rotatable bonds is 6. The van der Waals surface area contributed by atoms with Gasteiger partial charge in [-0.2, -0.15) is 0 Å². The van der Waals surface area contributed by atoms with Crippen LogP contribution in [0.2, 0.25) is 0 Å². The molecule has 0 unspecified atom stereocenters. The first-order valence-corrected chi connectivity index (χ1v) is 4.67. The van der Waals surface area contributed by atoms with E-state index in [9.17, 15) is 4.79 Å². The minimum Gasteiger partial charge on any atom is -0.501 e. The zero-order valence-corrected chi connectivity index (χ0v) is 8.63. The van der Waals surface area contributed by atoms with Gasteiger partial charge in [0.05, 0.1) is 25.0 Å². The quantitative estimate of drug-likeness (QED) is 0.276. The number of hydrogen-bond acceptors (Lipinski definition) is 3. The second kappa shape index (κ2) is 7.65. The van der Waals surface area contributed by atoms with E-state index >= 15 is 0 Å². The molecule has 0 heterocycles. The minimum absolute atomic E-state index is 0.290. The fraction of sp³-hybridized carbons (Fsp3) is 0.700. The number of unbranched alkanes of at least 4 members (excludes halogenated alkanes) is 1. The second-order valence-electron chi connectivity index (χ2n) is 2.75. The van der Waals surface area contributed by atoms with Gasteiger partial charge in [0, 0.05) is 0 Å². The van der Waals surface area contributed by atoms with E-state index < -0.39 is 0 Å².